The van der Waals surface area contributed by atoms with Gasteiger partial charge in [0.2, 0.25) is 17.7 Å². The van der Waals surface area contributed by atoms with E-state index in [-0.39, 0.29) is 49.9 Å². The van der Waals surface area contributed by atoms with E-state index >= 15 is 4.39 Å². The van der Waals surface area contributed by atoms with Crippen LogP contribution in [0.1, 0.15) is 12.0 Å². The second-order valence-corrected chi connectivity index (χ2v) is 16.0. The van der Waals surface area contributed by atoms with Crippen molar-refractivity contribution in [3.63, 3.8) is 0 Å². The Labute approximate surface area is 365 Å². The molecule has 0 unspecified atom stereocenters. The molecule has 2 saturated heterocycles. The van der Waals surface area contributed by atoms with Gasteiger partial charge in [-0.3, -0.25) is 24.0 Å². The first-order valence-electron chi connectivity index (χ1n) is 21.1. The molecule has 16 nitrogen and oxygen atoms in total. The summed E-state index contributed by atoms with van der Waals surface area (Å²) in [5, 5.41) is 19.4. The van der Waals surface area contributed by atoms with Crippen LogP contribution in [-0.2, 0) is 32.2 Å². The smallest absolute Gasteiger partial charge is 0.244 e. The van der Waals surface area contributed by atoms with Gasteiger partial charge in [0.25, 0.3) is 0 Å². The summed E-state index contributed by atoms with van der Waals surface area (Å²) in [6, 6.07) is 23.4. The van der Waals surface area contributed by atoms with Crippen LogP contribution >= 0.6 is 0 Å². The van der Waals surface area contributed by atoms with Crippen molar-refractivity contribution < 1.29 is 32.6 Å². The molecule has 4 atom stereocenters. The third-order valence-corrected chi connectivity index (χ3v) is 11.9. The summed E-state index contributed by atoms with van der Waals surface area (Å²) in [7, 11) is 0. The Kier molecular flexibility index (Phi) is 11.1. The van der Waals surface area contributed by atoms with Crippen molar-refractivity contribution in [2.75, 3.05) is 44.3 Å². The van der Waals surface area contributed by atoms with Crippen LogP contribution in [0.3, 0.4) is 0 Å². The van der Waals surface area contributed by atoms with Gasteiger partial charge in [-0.2, -0.15) is 10.2 Å². The van der Waals surface area contributed by atoms with E-state index < -0.39 is 47.7 Å². The second kappa shape index (κ2) is 17.5. The number of fused-ring (bicyclic) bond motifs is 8. The van der Waals surface area contributed by atoms with Crippen molar-refractivity contribution in [1.29, 1.82) is 0 Å². The number of amides is 3. The van der Waals surface area contributed by atoms with Crippen molar-refractivity contribution in [2.45, 2.75) is 43.7 Å². The van der Waals surface area contributed by atoms with Crippen molar-refractivity contribution in [2.24, 2.45) is 0 Å². The van der Waals surface area contributed by atoms with Gasteiger partial charge in [-0.25, -0.2) is 23.4 Å². The Balaban J connectivity index is 1.03. The molecule has 18 heteroatoms. The quantitative estimate of drug-likeness (QED) is 0.230. The van der Waals surface area contributed by atoms with Crippen LogP contribution in [0.25, 0.3) is 38.8 Å². The number of hydrogen-bond acceptors (Lipinski definition) is 11. The molecule has 6 heterocycles. The average molecular weight is 868 g/mol. The van der Waals surface area contributed by atoms with Gasteiger partial charge in [0, 0.05) is 50.2 Å². The van der Waals surface area contributed by atoms with E-state index in [1.807, 2.05) is 88.6 Å². The number of carbonyl (C=O) groups excluding carboxylic acids is 3. The van der Waals surface area contributed by atoms with Gasteiger partial charge in [-0.15, -0.1) is 0 Å². The molecule has 6 bridgehead atoms. The summed E-state index contributed by atoms with van der Waals surface area (Å²) in [5.74, 6) is -2.06. The zero-order chi connectivity index (χ0) is 43.7. The number of morpholine rings is 1. The van der Waals surface area contributed by atoms with Crippen molar-refractivity contribution in [1.82, 2.24) is 50.4 Å². The number of hydrogen-bond donors (Lipinski definition) is 3. The lowest BCUT2D eigenvalue weighted by molar-refractivity contribution is -0.134. The summed E-state index contributed by atoms with van der Waals surface area (Å²) in [6.45, 7) is 2.30. The summed E-state index contributed by atoms with van der Waals surface area (Å²) in [5.41, 5.74) is 3.74. The highest BCUT2D eigenvalue weighted by Gasteiger charge is 2.41. The van der Waals surface area contributed by atoms with E-state index in [0.29, 0.717) is 43.2 Å². The molecule has 0 aliphatic carbocycles. The van der Waals surface area contributed by atoms with E-state index in [1.165, 1.54) is 23.3 Å². The zero-order valence-electron chi connectivity index (χ0n) is 34.4. The second-order valence-electron chi connectivity index (χ2n) is 16.0. The number of benzene rings is 4. The molecule has 3 aliphatic rings. The maximum absolute atomic E-state index is 15.1. The Hall–Kier alpha value is -7.31. The third-order valence-electron chi connectivity index (χ3n) is 11.9. The average Bonchev–Trinajstić information content (AvgIpc) is 4.06. The Morgan fingerprint density at radius 1 is 0.891 bits per heavy atom. The van der Waals surface area contributed by atoms with Crippen LogP contribution in [0.15, 0.2) is 110 Å². The minimum atomic E-state index is -1.19. The number of halogens is 2. The van der Waals surface area contributed by atoms with Crippen LogP contribution in [0, 0.1) is 11.6 Å². The van der Waals surface area contributed by atoms with Gasteiger partial charge in [0.1, 0.15) is 53.6 Å². The van der Waals surface area contributed by atoms with Crippen LogP contribution in [0.5, 0.6) is 5.75 Å². The predicted molar refractivity (Wildman–Crippen MR) is 231 cm³/mol. The molecule has 0 saturated carbocycles. The summed E-state index contributed by atoms with van der Waals surface area (Å²) in [6.07, 6.45) is 4.38. The first-order chi connectivity index (χ1) is 31.3. The van der Waals surface area contributed by atoms with Crippen LogP contribution < -0.4 is 25.6 Å². The third kappa shape index (κ3) is 8.20. The highest BCUT2D eigenvalue weighted by molar-refractivity contribution is 5.96. The van der Waals surface area contributed by atoms with E-state index in [2.05, 4.69) is 31.0 Å². The van der Waals surface area contributed by atoms with E-state index in [4.69, 9.17) is 14.6 Å². The first kappa shape index (κ1) is 40.7. The number of nitrogens with one attached hydrogen (secondary N) is 3. The van der Waals surface area contributed by atoms with Gasteiger partial charge in [0.05, 0.1) is 43.4 Å². The minimum absolute atomic E-state index is 0.0267. The summed E-state index contributed by atoms with van der Waals surface area (Å²) >= 11 is 0. The monoisotopic (exact) mass is 867 g/mol. The summed E-state index contributed by atoms with van der Waals surface area (Å²) < 4.78 is 44.5. The number of rotatable bonds is 5. The van der Waals surface area contributed by atoms with Crippen molar-refractivity contribution >= 4 is 45.5 Å². The van der Waals surface area contributed by atoms with Gasteiger partial charge < -0.3 is 30.3 Å². The maximum Gasteiger partial charge on any atom is 0.244 e. The predicted octanol–water partition coefficient (Wildman–Crippen LogP) is 3.77. The molecule has 3 N–H and O–H groups in total. The fourth-order valence-electron chi connectivity index (χ4n) is 8.73. The molecule has 4 aromatic carbocycles. The largest absolute Gasteiger partial charge is 0.488 e. The summed E-state index contributed by atoms with van der Waals surface area (Å²) in [4.78, 5) is 55.6. The first-order valence-corrected chi connectivity index (χ1v) is 21.1. The van der Waals surface area contributed by atoms with Gasteiger partial charge in [-0.05, 0) is 47.0 Å². The number of aromatic nitrogens is 6. The van der Waals surface area contributed by atoms with E-state index in [0.717, 1.165) is 39.7 Å². The van der Waals surface area contributed by atoms with Gasteiger partial charge in [-0.1, -0.05) is 54.6 Å². The molecule has 326 valence electrons. The molecule has 3 amide bonds. The van der Waals surface area contributed by atoms with Crippen LogP contribution in [0.2, 0.25) is 0 Å². The SMILES string of the molecule is O=C(NCc1ccccc1)[C@@H]1CNC(=O)[C@@H]2COCCN2CCn2cc3c(cccc3n2)-c2cccc(c2)O[C@H]2C[C@@H](C(=O)N1)N(c1ncnc3c1cnn3-c1ccc(F)cc1F)C2. The lowest BCUT2D eigenvalue weighted by Gasteiger charge is -2.34. The maximum atomic E-state index is 15.1. The van der Waals surface area contributed by atoms with Crippen LogP contribution in [-0.4, -0.2) is 116 Å². The fraction of sp³-hybridized carbons (Fsp3) is 0.283. The molecular formula is C46H43F2N11O5. The molecule has 64 heavy (non-hydrogen) atoms. The molecule has 10 rings (SSSR count). The molecule has 3 aromatic heterocycles. The lowest BCUT2D eigenvalue weighted by Crippen LogP contribution is -2.59. The molecule has 0 spiro atoms. The highest BCUT2D eigenvalue weighted by Crippen LogP contribution is 2.35. The minimum Gasteiger partial charge on any atom is -0.488 e. The highest BCUT2D eigenvalue weighted by atomic mass is 19.1. The normalized spacial score (nSPS) is 20.9. The zero-order valence-corrected chi connectivity index (χ0v) is 34.4. The lowest BCUT2D eigenvalue weighted by atomic mass is 10.0. The number of carbonyl (C=O) groups is 3. The number of ether oxygens (including phenoxy) is 2. The van der Waals surface area contributed by atoms with Gasteiger partial charge >= 0.3 is 0 Å². The Morgan fingerprint density at radius 2 is 1.77 bits per heavy atom. The molecular weight excluding hydrogens is 825 g/mol. The topological polar surface area (TPSA) is 174 Å². The standard InChI is InChI=1S/C46H43F2N11O5/c47-30-12-13-39(36(48)19-30)59-43-34(22-53-59)42(51-27-52-43)58-24-32-20-40(58)46(62)54-38(44(60)49-21-28-6-2-1-3-7-28)23-50-45(61)41-26-63-17-16-56(41)14-15-57-25-35-33(10-5-11-37(35)55-57)29-8-4-9-31(18-29)64-32/h1-13,18-19,22,25,27,32,38,40-41H,14-17,20-21,23-24,26H2,(H,49,60)(H,50,61)(H,54,62)/t32-,38-,40-,41-/m0/s1. The van der Waals surface area contributed by atoms with Gasteiger partial charge in [0.15, 0.2) is 11.5 Å². The Morgan fingerprint density at radius 3 is 2.64 bits per heavy atom. The van der Waals surface area contributed by atoms with Crippen LogP contribution in [0.4, 0.5) is 14.6 Å². The Bertz CT molecular complexity index is 2870. The van der Waals surface area contributed by atoms with Crippen molar-refractivity contribution in [3.05, 3.63) is 127 Å². The number of anilines is 1. The van der Waals surface area contributed by atoms with E-state index in [9.17, 15) is 18.8 Å². The fourth-order valence-corrected chi connectivity index (χ4v) is 8.73. The molecule has 2 fully saturated rings. The molecule has 0 radical (unpaired) electrons. The molecule has 7 aromatic rings. The van der Waals surface area contributed by atoms with E-state index in [1.54, 1.807) is 4.90 Å². The van der Waals surface area contributed by atoms with Crippen molar-refractivity contribution in [3.8, 4) is 22.6 Å². The number of nitrogens with zero attached hydrogens (tertiary/aromatic N) is 8. The molecule has 3 aliphatic heterocycles.